The third kappa shape index (κ3) is 2.79. The Morgan fingerprint density at radius 1 is 1.50 bits per heavy atom. The molecule has 0 saturated heterocycles. The second-order valence-corrected chi connectivity index (χ2v) is 5.00. The van der Waals surface area contributed by atoms with Crippen molar-refractivity contribution in [1.29, 1.82) is 0 Å². The highest BCUT2D eigenvalue weighted by Gasteiger charge is 2.17. The molecule has 2 nitrogen and oxygen atoms in total. The standard InChI is InChI=1S/C10H17BrN2S/c1-3-13(4-2)9(6-12)10-5-8(11)7-14-10/h5,7,9H,3-4,6,12H2,1-2H3. The number of hydrogen-bond donors (Lipinski definition) is 1. The highest BCUT2D eigenvalue weighted by atomic mass is 79.9. The van der Waals surface area contributed by atoms with E-state index in [2.05, 4.69) is 46.1 Å². The fourth-order valence-corrected chi connectivity index (χ4v) is 3.21. The Morgan fingerprint density at radius 3 is 2.50 bits per heavy atom. The molecular weight excluding hydrogens is 260 g/mol. The minimum Gasteiger partial charge on any atom is -0.329 e. The number of rotatable bonds is 5. The van der Waals surface area contributed by atoms with E-state index in [1.807, 2.05) is 0 Å². The van der Waals surface area contributed by atoms with Crippen LogP contribution in [0.2, 0.25) is 0 Å². The third-order valence-corrected chi connectivity index (χ3v) is 4.19. The molecule has 0 aromatic carbocycles. The Bertz CT molecular complexity index is 271. The van der Waals surface area contributed by atoms with E-state index >= 15 is 0 Å². The van der Waals surface area contributed by atoms with Crippen LogP contribution in [0.3, 0.4) is 0 Å². The first kappa shape index (κ1) is 12.2. The van der Waals surface area contributed by atoms with Crippen LogP contribution in [0, 0.1) is 0 Å². The molecule has 0 aliphatic heterocycles. The van der Waals surface area contributed by atoms with Crippen molar-refractivity contribution in [2.45, 2.75) is 19.9 Å². The second kappa shape index (κ2) is 5.85. The van der Waals surface area contributed by atoms with Gasteiger partial charge in [-0.05, 0) is 35.1 Å². The van der Waals surface area contributed by atoms with Crippen LogP contribution in [-0.2, 0) is 0 Å². The molecule has 0 spiro atoms. The smallest absolute Gasteiger partial charge is 0.0564 e. The van der Waals surface area contributed by atoms with Crippen molar-refractivity contribution >= 4 is 27.3 Å². The van der Waals surface area contributed by atoms with Crippen LogP contribution >= 0.6 is 27.3 Å². The molecule has 0 saturated carbocycles. The van der Waals surface area contributed by atoms with Crippen molar-refractivity contribution in [1.82, 2.24) is 4.90 Å². The SMILES string of the molecule is CCN(CC)C(CN)c1cc(Br)cs1. The van der Waals surface area contributed by atoms with E-state index in [1.165, 1.54) is 4.88 Å². The summed E-state index contributed by atoms with van der Waals surface area (Å²) >= 11 is 5.25. The van der Waals surface area contributed by atoms with Crippen molar-refractivity contribution in [2.75, 3.05) is 19.6 Å². The van der Waals surface area contributed by atoms with Gasteiger partial charge in [-0.25, -0.2) is 0 Å². The minimum absolute atomic E-state index is 0.376. The van der Waals surface area contributed by atoms with Crippen molar-refractivity contribution in [3.05, 3.63) is 20.8 Å². The lowest BCUT2D eigenvalue weighted by Crippen LogP contribution is -2.32. The van der Waals surface area contributed by atoms with Crippen molar-refractivity contribution in [3.8, 4) is 0 Å². The predicted molar refractivity (Wildman–Crippen MR) is 66.7 cm³/mol. The molecule has 1 rings (SSSR count). The van der Waals surface area contributed by atoms with Gasteiger partial charge in [-0.1, -0.05) is 13.8 Å². The van der Waals surface area contributed by atoms with Crippen LogP contribution in [0.1, 0.15) is 24.8 Å². The Kier molecular flexibility index (Phi) is 5.09. The summed E-state index contributed by atoms with van der Waals surface area (Å²) in [7, 11) is 0. The van der Waals surface area contributed by atoms with Crippen LogP contribution < -0.4 is 5.73 Å². The van der Waals surface area contributed by atoms with Crippen molar-refractivity contribution in [3.63, 3.8) is 0 Å². The quantitative estimate of drug-likeness (QED) is 0.896. The molecule has 14 heavy (non-hydrogen) atoms. The lowest BCUT2D eigenvalue weighted by molar-refractivity contribution is 0.227. The number of hydrogen-bond acceptors (Lipinski definition) is 3. The van der Waals surface area contributed by atoms with Gasteiger partial charge in [0.05, 0.1) is 6.04 Å². The first-order valence-electron chi connectivity index (χ1n) is 4.90. The molecule has 2 N–H and O–H groups in total. The van der Waals surface area contributed by atoms with Crippen molar-refractivity contribution < 1.29 is 0 Å². The van der Waals surface area contributed by atoms with Gasteiger partial charge in [-0.15, -0.1) is 11.3 Å². The van der Waals surface area contributed by atoms with E-state index in [0.29, 0.717) is 12.6 Å². The summed E-state index contributed by atoms with van der Waals surface area (Å²) in [5.74, 6) is 0. The number of halogens is 1. The number of likely N-dealkylation sites (N-methyl/N-ethyl adjacent to an activating group) is 1. The maximum absolute atomic E-state index is 5.82. The lowest BCUT2D eigenvalue weighted by atomic mass is 10.2. The minimum atomic E-state index is 0.376. The molecule has 1 atom stereocenters. The molecule has 80 valence electrons. The molecule has 0 aliphatic carbocycles. The van der Waals surface area contributed by atoms with Gasteiger partial charge in [0.15, 0.2) is 0 Å². The van der Waals surface area contributed by atoms with E-state index < -0.39 is 0 Å². The highest BCUT2D eigenvalue weighted by Crippen LogP contribution is 2.28. The normalized spacial score (nSPS) is 13.5. The first-order chi connectivity index (χ1) is 6.72. The fraction of sp³-hybridized carbons (Fsp3) is 0.600. The van der Waals surface area contributed by atoms with Crippen LogP contribution in [0.25, 0.3) is 0 Å². The Balaban J connectivity index is 2.80. The molecule has 1 aromatic heterocycles. The Morgan fingerprint density at radius 2 is 2.14 bits per heavy atom. The van der Waals surface area contributed by atoms with E-state index in [-0.39, 0.29) is 0 Å². The summed E-state index contributed by atoms with van der Waals surface area (Å²) in [6.45, 7) is 7.14. The zero-order chi connectivity index (χ0) is 10.6. The second-order valence-electron chi connectivity index (χ2n) is 3.14. The van der Waals surface area contributed by atoms with Gasteiger partial charge in [0, 0.05) is 21.3 Å². The molecule has 1 unspecified atom stereocenters. The van der Waals surface area contributed by atoms with Gasteiger partial charge >= 0.3 is 0 Å². The third-order valence-electron chi connectivity index (χ3n) is 2.39. The summed E-state index contributed by atoms with van der Waals surface area (Å²) in [6.07, 6.45) is 0. The number of thiophene rings is 1. The maximum Gasteiger partial charge on any atom is 0.0564 e. The van der Waals surface area contributed by atoms with E-state index in [4.69, 9.17) is 5.73 Å². The average molecular weight is 277 g/mol. The Hall–Kier alpha value is 0.1000. The Labute approximate surface area is 98.2 Å². The molecule has 4 heteroatoms. The first-order valence-corrected chi connectivity index (χ1v) is 6.58. The zero-order valence-corrected chi connectivity index (χ0v) is 11.1. The molecule has 0 aliphatic rings. The summed E-state index contributed by atoms with van der Waals surface area (Å²) in [5.41, 5.74) is 5.82. The average Bonchev–Trinajstić information content (AvgIpc) is 2.60. The molecule has 0 fully saturated rings. The predicted octanol–water partition coefficient (Wildman–Crippen LogP) is 2.85. The van der Waals surface area contributed by atoms with Crippen LogP contribution in [0.15, 0.2) is 15.9 Å². The summed E-state index contributed by atoms with van der Waals surface area (Å²) in [6, 6.07) is 2.54. The van der Waals surface area contributed by atoms with E-state index in [9.17, 15) is 0 Å². The van der Waals surface area contributed by atoms with E-state index in [0.717, 1.165) is 17.6 Å². The molecule has 1 aromatic rings. The van der Waals surface area contributed by atoms with Crippen molar-refractivity contribution in [2.24, 2.45) is 5.73 Å². The summed E-state index contributed by atoms with van der Waals surface area (Å²) in [5, 5.41) is 2.11. The summed E-state index contributed by atoms with van der Waals surface area (Å²) in [4.78, 5) is 3.74. The summed E-state index contributed by atoms with van der Waals surface area (Å²) < 4.78 is 1.16. The van der Waals surface area contributed by atoms with Gasteiger partial charge in [0.25, 0.3) is 0 Å². The molecule has 1 heterocycles. The molecule has 0 radical (unpaired) electrons. The maximum atomic E-state index is 5.82. The van der Waals surface area contributed by atoms with Gasteiger partial charge in [-0.2, -0.15) is 0 Å². The van der Waals surface area contributed by atoms with Gasteiger partial charge in [-0.3, -0.25) is 4.90 Å². The lowest BCUT2D eigenvalue weighted by Gasteiger charge is -2.27. The van der Waals surface area contributed by atoms with Gasteiger partial charge < -0.3 is 5.73 Å². The van der Waals surface area contributed by atoms with Crippen LogP contribution in [0.5, 0.6) is 0 Å². The fourth-order valence-electron chi connectivity index (χ4n) is 1.61. The molecule has 0 bridgehead atoms. The van der Waals surface area contributed by atoms with E-state index in [1.54, 1.807) is 11.3 Å². The molecular formula is C10H17BrN2S. The number of nitrogens with zero attached hydrogens (tertiary/aromatic N) is 1. The monoisotopic (exact) mass is 276 g/mol. The van der Waals surface area contributed by atoms with Crippen LogP contribution in [0.4, 0.5) is 0 Å². The van der Waals surface area contributed by atoms with Gasteiger partial charge in [0.2, 0.25) is 0 Å². The zero-order valence-electron chi connectivity index (χ0n) is 8.66. The molecule has 0 amide bonds. The topological polar surface area (TPSA) is 29.3 Å². The van der Waals surface area contributed by atoms with Gasteiger partial charge in [0.1, 0.15) is 0 Å². The largest absolute Gasteiger partial charge is 0.329 e. The number of nitrogens with two attached hydrogens (primary N) is 1. The van der Waals surface area contributed by atoms with Crippen LogP contribution in [-0.4, -0.2) is 24.5 Å². The highest BCUT2D eigenvalue weighted by molar-refractivity contribution is 9.10.